The first kappa shape index (κ1) is 13.3. The maximum absolute atomic E-state index is 5.15. The molecule has 0 aromatic carbocycles. The van der Waals surface area contributed by atoms with Crippen molar-refractivity contribution in [3.63, 3.8) is 0 Å². The van der Waals surface area contributed by atoms with E-state index in [0.717, 1.165) is 24.0 Å². The highest BCUT2D eigenvalue weighted by atomic mass is 16.5. The van der Waals surface area contributed by atoms with Gasteiger partial charge >= 0.3 is 0 Å². The van der Waals surface area contributed by atoms with Gasteiger partial charge in [-0.05, 0) is 25.3 Å². The highest BCUT2D eigenvalue weighted by Crippen LogP contribution is 2.34. The van der Waals surface area contributed by atoms with Gasteiger partial charge in [-0.3, -0.25) is 0 Å². The minimum absolute atomic E-state index is 0.502. The summed E-state index contributed by atoms with van der Waals surface area (Å²) in [5, 5.41) is 3.46. The summed E-state index contributed by atoms with van der Waals surface area (Å²) in [5.74, 6) is 2.22. The molecule has 0 bridgehead atoms. The Morgan fingerprint density at radius 2 is 2.28 bits per heavy atom. The van der Waals surface area contributed by atoms with Crippen molar-refractivity contribution in [1.82, 2.24) is 15.3 Å². The zero-order chi connectivity index (χ0) is 13.0. The van der Waals surface area contributed by atoms with Crippen molar-refractivity contribution in [2.75, 3.05) is 14.2 Å². The zero-order valence-corrected chi connectivity index (χ0v) is 11.5. The monoisotopic (exact) mass is 249 g/mol. The van der Waals surface area contributed by atoms with Crippen molar-refractivity contribution < 1.29 is 4.74 Å². The van der Waals surface area contributed by atoms with Crippen LogP contribution in [0.25, 0.3) is 0 Å². The van der Waals surface area contributed by atoms with Crippen molar-refractivity contribution in [3.05, 3.63) is 18.1 Å². The molecule has 1 aromatic rings. The average Bonchev–Trinajstić information content (AvgIpc) is 2.82. The Morgan fingerprint density at radius 1 is 1.44 bits per heavy atom. The van der Waals surface area contributed by atoms with Crippen molar-refractivity contribution in [2.45, 2.75) is 38.6 Å². The second-order valence-corrected chi connectivity index (χ2v) is 5.22. The highest BCUT2D eigenvalue weighted by molar-refractivity contribution is 5.14. The number of rotatable bonds is 5. The summed E-state index contributed by atoms with van der Waals surface area (Å²) in [5.41, 5.74) is 1.06. The van der Waals surface area contributed by atoms with Gasteiger partial charge in [-0.1, -0.05) is 19.8 Å². The summed E-state index contributed by atoms with van der Waals surface area (Å²) in [6.45, 7) is 2.36. The molecule has 2 rings (SSSR count). The molecule has 0 spiro atoms. The summed E-state index contributed by atoms with van der Waals surface area (Å²) < 4.78 is 5.15. The number of ether oxygens (including phenoxy) is 1. The molecule has 1 N–H and O–H groups in total. The zero-order valence-electron chi connectivity index (χ0n) is 11.5. The third kappa shape index (κ3) is 2.99. The van der Waals surface area contributed by atoms with Gasteiger partial charge in [0.05, 0.1) is 7.11 Å². The summed E-state index contributed by atoms with van der Waals surface area (Å²) >= 11 is 0. The second kappa shape index (κ2) is 6.14. The number of nitrogens with zero attached hydrogens (tertiary/aromatic N) is 2. The van der Waals surface area contributed by atoms with Crippen molar-refractivity contribution in [3.8, 4) is 5.88 Å². The van der Waals surface area contributed by atoms with Gasteiger partial charge in [-0.25, -0.2) is 9.97 Å². The van der Waals surface area contributed by atoms with Crippen LogP contribution in [0.2, 0.25) is 0 Å². The van der Waals surface area contributed by atoms with Crippen LogP contribution in [-0.2, 0) is 6.42 Å². The Labute approximate surface area is 109 Å². The van der Waals surface area contributed by atoms with E-state index in [9.17, 15) is 0 Å². The van der Waals surface area contributed by atoms with Crippen LogP contribution in [0.4, 0.5) is 0 Å². The van der Waals surface area contributed by atoms with Gasteiger partial charge in [-0.2, -0.15) is 0 Å². The third-order valence-electron chi connectivity index (χ3n) is 4.15. The number of hydrogen-bond donors (Lipinski definition) is 1. The van der Waals surface area contributed by atoms with E-state index in [1.165, 1.54) is 19.3 Å². The molecule has 0 aliphatic heterocycles. The lowest BCUT2D eigenvalue weighted by molar-refractivity contribution is 0.306. The minimum Gasteiger partial charge on any atom is -0.481 e. The smallest absolute Gasteiger partial charge is 0.216 e. The molecular formula is C14H23N3O. The molecule has 1 aliphatic rings. The van der Waals surface area contributed by atoms with E-state index in [2.05, 4.69) is 22.2 Å². The summed E-state index contributed by atoms with van der Waals surface area (Å²) in [6.07, 6.45) is 6.57. The minimum atomic E-state index is 0.502. The molecule has 4 nitrogen and oxygen atoms in total. The molecule has 1 saturated carbocycles. The lowest BCUT2D eigenvalue weighted by Gasteiger charge is -2.26. The largest absolute Gasteiger partial charge is 0.481 e. The fourth-order valence-electron chi connectivity index (χ4n) is 3.06. The van der Waals surface area contributed by atoms with Crippen LogP contribution < -0.4 is 10.1 Å². The number of hydrogen-bond acceptors (Lipinski definition) is 4. The molecule has 0 saturated heterocycles. The SMILES string of the molecule is CNC(Cc1cc(OC)ncn1)C1CCCC1C. The molecule has 4 heteroatoms. The quantitative estimate of drug-likeness (QED) is 0.867. The molecule has 3 atom stereocenters. The topological polar surface area (TPSA) is 47.0 Å². The Bertz CT molecular complexity index is 383. The molecule has 1 aliphatic carbocycles. The first-order valence-corrected chi connectivity index (χ1v) is 6.76. The molecule has 18 heavy (non-hydrogen) atoms. The predicted molar refractivity (Wildman–Crippen MR) is 71.6 cm³/mol. The first-order chi connectivity index (χ1) is 8.74. The van der Waals surface area contributed by atoms with Gasteiger partial charge in [0.15, 0.2) is 0 Å². The Kier molecular flexibility index (Phi) is 4.53. The standard InChI is InChI=1S/C14H23N3O/c1-10-5-4-6-12(10)13(15-2)7-11-8-14(18-3)17-9-16-11/h8-10,12-13,15H,4-7H2,1-3H3. The fourth-order valence-corrected chi connectivity index (χ4v) is 3.06. The summed E-state index contributed by atoms with van der Waals surface area (Å²) in [7, 11) is 3.69. The lowest BCUT2D eigenvalue weighted by Crippen LogP contribution is -2.37. The van der Waals surface area contributed by atoms with Gasteiger partial charge in [-0.15, -0.1) is 0 Å². The molecule has 0 amide bonds. The third-order valence-corrected chi connectivity index (χ3v) is 4.15. The molecule has 3 unspecified atom stereocenters. The van der Waals surface area contributed by atoms with Gasteiger partial charge in [0, 0.05) is 24.2 Å². The van der Waals surface area contributed by atoms with Crippen LogP contribution >= 0.6 is 0 Å². The summed E-state index contributed by atoms with van der Waals surface area (Å²) in [6, 6.07) is 2.44. The van der Waals surface area contributed by atoms with Gasteiger partial charge in [0.2, 0.25) is 5.88 Å². The van der Waals surface area contributed by atoms with Crippen LogP contribution in [0.5, 0.6) is 5.88 Å². The van der Waals surface area contributed by atoms with Gasteiger partial charge < -0.3 is 10.1 Å². The van der Waals surface area contributed by atoms with Gasteiger partial charge in [0.1, 0.15) is 6.33 Å². The van der Waals surface area contributed by atoms with E-state index in [1.54, 1.807) is 13.4 Å². The summed E-state index contributed by atoms with van der Waals surface area (Å²) in [4.78, 5) is 8.39. The van der Waals surface area contributed by atoms with E-state index in [0.29, 0.717) is 11.9 Å². The van der Waals surface area contributed by atoms with Gasteiger partial charge in [0.25, 0.3) is 0 Å². The highest BCUT2D eigenvalue weighted by Gasteiger charge is 2.30. The molecule has 0 radical (unpaired) electrons. The maximum atomic E-state index is 5.15. The Balaban J connectivity index is 2.05. The average molecular weight is 249 g/mol. The van der Waals surface area contributed by atoms with E-state index in [-0.39, 0.29) is 0 Å². The van der Waals surface area contributed by atoms with Crippen LogP contribution in [0, 0.1) is 11.8 Å². The molecular weight excluding hydrogens is 226 g/mol. The molecule has 1 aromatic heterocycles. The fraction of sp³-hybridized carbons (Fsp3) is 0.714. The van der Waals surface area contributed by atoms with E-state index in [1.807, 2.05) is 13.1 Å². The maximum Gasteiger partial charge on any atom is 0.216 e. The molecule has 1 fully saturated rings. The van der Waals surface area contributed by atoms with Crippen LogP contribution in [0.3, 0.4) is 0 Å². The van der Waals surface area contributed by atoms with Crippen molar-refractivity contribution in [2.24, 2.45) is 11.8 Å². The normalized spacial score (nSPS) is 25.1. The van der Waals surface area contributed by atoms with Crippen LogP contribution in [-0.4, -0.2) is 30.2 Å². The van der Waals surface area contributed by atoms with Crippen LogP contribution in [0.15, 0.2) is 12.4 Å². The van der Waals surface area contributed by atoms with E-state index < -0.39 is 0 Å². The number of aromatic nitrogens is 2. The Hall–Kier alpha value is -1.16. The number of nitrogens with one attached hydrogen (secondary N) is 1. The Morgan fingerprint density at radius 3 is 2.89 bits per heavy atom. The van der Waals surface area contributed by atoms with Crippen LogP contribution in [0.1, 0.15) is 31.9 Å². The van der Waals surface area contributed by atoms with Crippen molar-refractivity contribution >= 4 is 0 Å². The first-order valence-electron chi connectivity index (χ1n) is 6.76. The molecule has 100 valence electrons. The van der Waals surface area contributed by atoms with Crippen molar-refractivity contribution in [1.29, 1.82) is 0 Å². The van der Waals surface area contributed by atoms with E-state index in [4.69, 9.17) is 4.74 Å². The van der Waals surface area contributed by atoms with E-state index >= 15 is 0 Å². The number of methoxy groups -OCH3 is 1. The number of likely N-dealkylation sites (N-methyl/N-ethyl adjacent to an activating group) is 1. The lowest BCUT2D eigenvalue weighted by atomic mass is 9.87. The molecule has 1 heterocycles. The second-order valence-electron chi connectivity index (χ2n) is 5.22. The predicted octanol–water partition coefficient (Wildman–Crippen LogP) is 2.05.